The van der Waals surface area contributed by atoms with E-state index in [1.54, 1.807) is 0 Å². The number of rotatable bonds is 72. The highest BCUT2D eigenvalue weighted by Crippen LogP contribution is 2.43. The average molecular weight is 1240 g/mol. The van der Waals surface area contributed by atoms with Crippen LogP contribution in [0.4, 0.5) is 0 Å². The van der Waals surface area contributed by atoms with Gasteiger partial charge in [0.05, 0.1) is 13.2 Å². The van der Waals surface area contributed by atoms with Crippen molar-refractivity contribution in [2.24, 2.45) is 5.73 Å². The fourth-order valence-corrected chi connectivity index (χ4v) is 12.1. The van der Waals surface area contributed by atoms with Crippen LogP contribution in [-0.4, -0.2) is 49.3 Å². The zero-order valence-electron chi connectivity index (χ0n) is 57.5. The Morgan fingerprint density at radius 2 is 0.632 bits per heavy atom. The smallest absolute Gasteiger partial charge is 0.462 e. The van der Waals surface area contributed by atoms with E-state index in [0.29, 0.717) is 6.42 Å². The third kappa shape index (κ3) is 72.6. The van der Waals surface area contributed by atoms with E-state index < -0.39 is 26.5 Å². The molecule has 0 amide bonds. The maximum atomic E-state index is 12.8. The number of esters is 2. The third-order valence-electron chi connectivity index (χ3n) is 16.9. The molecule has 0 saturated heterocycles. The maximum absolute atomic E-state index is 12.8. The van der Waals surface area contributed by atoms with Gasteiger partial charge < -0.3 is 20.1 Å². The maximum Gasteiger partial charge on any atom is 0.472 e. The summed E-state index contributed by atoms with van der Waals surface area (Å²) in [6.45, 7) is 3.70. The molecule has 0 aromatic heterocycles. The SMILES string of the molecule is CC/C=C\C/C=C\C/C=C\C/C=C\CCCCCCCCCCCCCCCCCCCCCCCCCCCCCCC(=O)OC(COC(=O)CCCCCCCCCCCCCCC/C=C\CCCCCCCCCC)COP(=O)(O)OCCN. The molecule has 2 atom stereocenters. The number of carbonyl (C=O) groups excluding carboxylic acids is 2. The zero-order chi connectivity index (χ0) is 63.0. The topological polar surface area (TPSA) is 134 Å². The summed E-state index contributed by atoms with van der Waals surface area (Å²) in [6, 6.07) is 0. The highest BCUT2D eigenvalue weighted by atomic mass is 31.2. The van der Waals surface area contributed by atoms with Crippen LogP contribution in [0.15, 0.2) is 60.8 Å². The largest absolute Gasteiger partial charge is 0.472 e. The van der Waals surface area contributed by atoms with Gasteiger partial charge in [-0.05, 0) is 77.0 Å². The molecule has 0 heterocycles. The second-order valence-corrected chi connectivity index (χ2v) is 26.9. The van der Waals surface area contributed by atoms with Crippen molar-refractivity contribution in [2.75, 3.05) is 26.4 Å². The van der Waals surface area contributed by atoms with Crippen LogP contribution in [0.25, 0.3) is 0 Å². The standard InChI is InChI=1S/C77H144NO8P/c1-3-5-7-9-11-13-15-17-19-21-23-25-27-29-30-31-32-33-34-35-36-37-38-39-40-41-42-43-44-46-48-50-52-54-56-58-60-62-64-66-68-70-77(80)86-75(74-85-87(81,82)84-72-71-78)73-83-76(79)69-67-65-63-61-59-57-55-53-51-49-47-45-28-26-24-22-20-18-16-14-12-10-8-6-4-2/h5,7,11,13,17,19,22-25,75H,3-4,6,8-10,12,14-16,18,20-21,26-74,78H2,1-2H3,(H,81,82)/b7-5-,13-11-,19-17-,24-22-,25-23-. The quantitative estimate of drug-likeness (QED) is 0.0264. The van der Waals surface area contributed by atoms with Crippen molar-refractivity contribution in [1.82, 2.24) is 0 Å². The Balaban J connectivity index is 3.75. The van der Waals surface area contributed by atoms with E-state index in [1.165, 1.54) is 295 Å². The first-order valence-corrected chi connectivity index (χ1v) is 39.3. The predicted molar refractivity (Wildman–Crippen MR) is 376 cm³/mol. The van der Waals surface area contributed by atoms with Gasteiger partial charge in [0.25, 0.3) is 0 Å². The zero-order valence-corrected chi connectivity index (χ0v) is 58.4. The summed E-state index contributed by atoms with van der Waals surface area (Å²) in [7, 11) is -4.39. The summed E-state index contributed by atoms with van der Waals surface area (Å²) >= 11 is 0. The molecule has 0 bridgehead atoms. The Hall–Kier alpha value is -2.29. The predicted octanol–water partition coefficient (Wildman–Crippen LogP) is 25.0. The molecule has 0 rings (SSSR count). The Morgan fingerprint density at radius 3 is 0.954 bits per heavy atom. The van der Waals surface area contributed by atoms with Gasteiger partial charge >= 0.3 is 19.8 Å². The molecule has 0 aliphatic heterocycles. The molecule has 9 nitrogen and oxygen atoms in total. The van der Waals surface area contributed by atoms with Gasteiger partial charge in [-0.3, -0.25) is 18.6 Å². The Kier molecular flexibility index (Phi) is 70.9. The molecule has 0 aromatic rings. The van der Waals surface area contributed by atoms with E-state index in [4.69, 9.17) is 24.3 Å². The van der Waals surface area contributed by atoms with Crippen molar-refractivity contribution in [1.29, 1.82) is 0 Å². The summed E-state index contributed by atoms with van der Waals surface area (Å²) in [5, 5.41) is 0. The fraction of sp³-hybridized carbons (Fsp3) is 0.844. The molecule has 0 spiro atoms. The van der Waals surface area contributed by atoms with Crippen molar-refractivity contribution < 1.29 is 37.6 Å². The number of phosphoric ester groups is 1. The Labute approximate surface area is 539 Å². The lowest BCUT2D eigenvalue weighted by atomic mass is 10.0. The van der Waals surface area contributed by atoms with Gasteiger partial charge in [-0.25, -0.2) is 4.57 Å². The van der Waals surface area contributed by atoms with Crippen LogP contribution in [0, 0.1) is 0 Å². The number of phosphoric acid groups is 1. The lowest BCUT2D eigenvalue weighted by molar-refractivity contribution is -0.161. The van der Waals surface area contributed by atoms with E-state index in [9.17, 15) is 19.0 Å². The van der Waals surface area contributed by atoms with Crippen molar-refractivity contribution in [3.8, 4) is 0 Å². The van der Waals surface area contributed by atoms with Crippen LogP contribution in [0.5, 0.6) is 0 Å². The fourth-order valence-electron chi connectivity index (χ4n) is 11.3. The van der Waals surface area contributed by atoms with Gasteiger partial charge in [0, 0.05) is 19.4 Å². The van der Waals surface area contributed by atoms with E-state index in [0.717, 1.165) is 57.8 Å². The molecule has 0 saturated carbocycles. The van der Waals surface area contributed by atoms with Crippen LogP contribution < -0.4 is 5.73 Å². The van der Waals surface area contributed by atoms with Crippen LogP contribution in [0.1, 0.15) is 386 Å². The van der Waals surface area contributed by atoms with Gasteiger partial charge in [0.1, 0.15) is 6.61 Å². The number of allylic oxidation sites excluding steroid dienone is 10. The number of unbranched alkanes of at least 4 members (excludes halogenated alkanes) is 49. The molecule has 10 heteroatoms. The first-order chi connectivity index (χ1) is 42.8. The average Bonchev–Trinajstić information content (AvgIpc) is 3.65. The van der Waals surface area contributed by atoms with Crippen LogP contribution in [-0.2, 0) is 32.7 Å². The summed E-state index contributed by atoms with van der Waals surface area (Å²) < 4.78 is 33.2. The van der Waals surface area contributed by atoms with Crippen molar-refractivity contribution in [2.45, 2.75) is 392 Å². The first kappa shape index (κ1) is 84.7. The molecule has 3 N–H and O–H groups in total. The molecule has 0 aromatic carbocycles. The van der Waals surface area contributed by atoms with Crippen LogP contribution in [0.3, 0.4) is 0 Å². The number of ether oxygens (including phenoxy) is 2. The molecule has 0 radical (unpaired) electrons. The van der Waals surface area contributed by atoms with Gasteiger partial charge in [0.15, 0.2) is 6.10 Å². The molecule has 0 fully saturated rings. The second kappa shape index (κ2) is 72.8. The summed E-state index contributed by atoms with van der Waals surface area (Å²) in [6.07, 6.45) is 94.9. The molecule has 0 aliphatic carbocycles. The second-order valence-electron chi connectivity index (χ2n) is 25.5. The number of nitrogens with two attached hydrogens (primary N) is 1. The van der Waals surface area contributed by atoms with Gasteiger partial charge in [-0.15, -0.1) is 0 Å². The highest BCUT2D eigenvalue weighted by Gasteiger charge is 2.26. The minimum absolute atomic E-state index is 0.0555. The molecule has 0 aliphatic rings. The Bertz CT molecular complexity index is 1610. The number of hydrogen-bond acceptors (Lipinski definition) is 8. The normalized spacial score (nSPS) is 13.2. The summed E-state index contributed by atoms with van der Waals surface area (Å²) in [4.78, 5) is 35.4. The monoisotopic (exact) mass is 1240 g/mol. The van der Waals surface area contributed by atoms with Crippen LogP contribution >= 0.6 is 7.82 Å². The van der Waals surface area contributed by atoms with Crippen LogP contribution in [0.2, 0.25) is 0 Å². The van der Waals surface area contributed by atoms with Crippen molar-refractivity contribution in [3.05, 3.63) is 60.8 Å². The Morgan fingerprint density at radius 1 is 0.356 bits per heavy atom. The third-order valence-corrected chi connectivity index (χ3v) is 17.9. The number of carbonyl (C=O) groups is 2. The van der Waals surface area contributed by atoms with Crippen molar-refractivity contribution >= 4 is 19.8 Å². The lowest BCUT2D eigenvalue weighted by Crippen LogP contribution is -2.29. The lowest BCUT2D eigenvalue weighted by Gasteiger charge is -2.19. The number of hydrogen-bond donors (Lipinski definition) is 2. The minimum atomic E-state index is -4.39. The van der Waals surface area contributed by atoms with Gasteiger partial charge in [-0.2, -0.15) is 0 Å². The molecule has 510 valence electrons. The summed E-state index contributed by atoms with van der Waals surface area (Å²) in [5.74, 6) is -0.806. The van der Waals surface area contributed by atoms with E-state index in [1.807, 2.05) is 0 Å². The van der Waals surface area contributed by atoms with Gasteiger partial charge in [0.2, 0.25) is 0 Å². The van der Waals surface area contributed by atoms with Gasteiger partial charge in [-0.1, -0.05) is 357 Å². The van der Waals surface area contributed by atoms with E-state index >= 15 is 0 Å². The first-order valence-electron chi connectivity index (χ1n) is 37.8. The minimum Gasteiger partial charge on any atom is -0.462 e. The van der Waals surface area contributed by atoms with E-state index in [-0.39, 0.29) is 38.6 Å². The molecular formula is C77H144NO8P. The van der Waals surface area contributed by atoms with E-state index in [2.05, 4.69) is 74.6 Å². The molecule has 2 unspecified atom stereocenters. The highest BCUT2D eigenvalue weighted by molar-refractivity contribution is 7.47. The molecule has 87 heavy (non-hydrogen) atoms. The molecular weight excluding hydrogens is 1100 g/mol. The summed E-state index contributed by atoms with van der Waals surface area (Å²) in [5.41, 5.74) is 5.41. The van der Waals surface area contributed by atoms with Crippen molar-refractivity contribution in [3.63, 3.8) is 0 Å².